The highest BCUT2D eigenvalue weighted by Gasteiger charge is 2.30. The number of aryl methyl sites for hydroxylation is 1. The molecule has 1 aliphatic rings. The van der Waals surface area contributed by atoms with Gasteiger partial charge in [-0.2, -0.15) is 0 Å². The quantitative estimate of drug-likeness (QED) is 0.148. The Kier molecular flexibility index (Phi) is 7.58. The summed E-state index contributed by atoms with van der Waals surface area (Å²) in [5, 5.41) is 7.41. The minimum Gasteiger partial charge on any atom is -0.309 e. The molecule has 0 N–H and O–H groups in total. The van der Waals surface area contributed by atoms with Crippen LogP contribution in [0.4, 0.5) is 17.1 Å². The van der Waals surface area contributed by atoms with Gasteiger partial charge in [-0.05, 0) is 93.4 Å². The summed E-state index contributed by atoms with van der Waals surface area (Å²) >= 11 is 0. The van der Waals surface area contributed by atoms with E-state index in [4.69, 9.17) is 0 Å². The minimum absolute atomic E-state index is 1.11. The third-order valence-corrected chi connectivity index (χ3v) is 11.8. The first kappa shape index (κ1) is 33.0. The van der Waals surface area contributed by atoms with Crippen molar-refractivity contribution in [1.29, 1.82) is 0 Å². The van der Waals surface area contributed by atoms with Crippen LogP contribution in [0.2, 0.25) is 0 Å². The van der Waals surface area contributed by atoms with E-state index in [1.165, 1.54) is 87.9 Å². The summed E-state index contributed by atoms with van der Waals surface area (Å²) in [6.45, 7) is 6.26. The van der Waals surface area contributed by atoms with Gasteiger partial charge in [-0.3, -0.25) is 0 Å². The molecule has 0 fully saturated rings. The summed E-state index contributed by atoms with van der Waals surface area (Å²) in [7, 11) is 0. The van der Waals surface area contributed by atoms with Gasteiger partial charge in [0.05, 0.1) is 28.1 Å². The van der Waals surface area contributed by atoms with Gasteiger partial charge < -0.3 is 9.47 Å². The van der Waals surface area contributed by atoms with Gasteiger partial charge in [0.25, 0.3) is 0 Å². The molecular formula is C55H38N2. The topological polar surface area (TPSA) is 8.17 Å². The van der Waals surface area contributed by atoms with Crippen LogP contribution >= 0.6 is 0 Å². The number of hydrogen-bond donors (Lipinski definition) is 0. The highest BCUT2D eigenvalue weighted by atomic mass is 15.1. The molecule has 11 rings (SSSR count). The second-order valence-electron chi connectivity index (χ2n) is 15.0. The molecule has 0 bridgehead atoms. The van der Waals surface area contributed by atoms with Gasteiger partial charge in [0.1, 0.15) is 0 Å². The lowest BCUT2D eigenvalue weighted by molar-refractivity contribution is 1.18. The molecule has 0 saturated heterocycles. The van der Waals surface area contributed by atoms with Crippen molar-refractivity contribution < 1.29 is 0 Å². The number of aromatic nitrogens is 1. The van der Waals surface area contributed by atoms with Gasteiger partial charge in [0.2, 0.25) is 0 Å². The summed E-state index contributed by atoms with van der Waals surface area (Å²) in [5.74, 6) is 0. The van der Waals surface area contributed by atoms with Crippen LogP contribution < -0.4 is 4.90 Å². The van der Waals surface area contributed by atoms with Crippen LogP contribution in [-0.2, 0) is 0 Å². The smallest absolute Gasteiger partial charge is 0.0547 e. The Morgan fingerprint density at radius 3 is 2.07 bits per heavy atom. The van der Waals surface area contributed by atoms with Crippen molar-refractivity contribution in [3.05, 3.63) is 212 Å². The molecule has 0 spiro atoms. The Balaban J connectivity index is 1.22. The summed E-state index contributed by atoms with van der Waals surface area (Å²) < 4.78 is 2.44. The van der Waals surface area contributed by atoms with Crippen molar-refractivity contribution >= 4 is 66.5 Å². The number of allylic oxidation sites excluding steroid dienone is 2. The second kappa shape index (κ2) is 13.1. The lowest BCUT2D eigenvalue weighted by Crippen LogP contribution is -2.12. The first-order chi connectivity index (χ1) is 28.2. The van der Waals surface area contributed by atoms with Crippen LogP contribution in [0.3, 0.4) is 0 Å². The van der Waals surface area contributed by atoms with Gasteiger partial charge in [-0.15, -0.1) is 0 Å². The molecule has 2 nitrogen and oxygen atoms in total. The SMILES string of the molecule is C=C/C=C\c1c(C)cc2cccc3c2c1-c1c-3cccc1N(c1ccc2c(c1)c1ccccc1n2-c1ccccc1-c1ccccc1)c1cccc2ccccc12. The van der Waals surface area contributed by atoms with Gasteiger partial charge in [-0.25, -0.2) is 0 Å². The Morgan fingerprint density at radius 2 is 1.18 bits per heavy atom. The fourth-order valence-electron chi connectivity index (χ4n) is 9.39. The van der Waals surface area contributed by atoms with Crippen LogP contribution in [0.25, 0.3) is 88.5 Å². The minimum atomic E-state index is 1.11. The number of para-hydroxylation sites is 2. The lowest BCUT2D eigenvalue weighted by Gasteiger charge is -2.29. The standard InChI is InChI=1S/C55H38N2/c1-3-4-22-41-36(2)34-39-21-14-26-45-46-27-16-31-52(54(46)55(41)53(39)45)56(48-30-15-20-38-19-8-9-23-42(38)48)40-32-33-51-47(35-40)44-25-11-13-29-50(44)57(51)49-28-12-10-24-43(49)37-17-6-5-7-18-37/h3-35H,1H2,2H3/b22-4-. The molecule has 0 amide bonds. The largest absolute Gasteiger partial charge is 0.309 e. The van der Waals surface area contributed by atoms with E-state index in [2.05, 4.69) is 217 Å². The third-order valence-electron chi connectivity index (χ3n) is 11.8. The summed E-state index contributed by atoms with van der Waals surface area (Å²) in [4.78, 5) is 2.51. The molecule has 57 heavy (non-hydrogen) atoms. The molecule has 1 heterocycles. The van der Waals surface area contributed by atoms with Crippen LogP contribution in [-0.4, -0.2) is 4.57 Å². The molecule has 0 radical (unpaired) electrons. The van der Waals surface area contributed by atoms with Crippen molar-refractivity contribution in [3.63, 3.8) is 0 Å². The van der Waals surface area contributed by atoms with Gasteiger partial charge in [0, 0.05) is 38.5 Å². The van der Waals surface area contributed by atoms with Crippen molar-refractivity contribution in [2.24, 2.45) is 0 Å². The molecular weight excluding hydrogens is 689 g/mol. The molecule has 0 aliphatic heterocycles. The lowest BCUT2D eigenvalue weighted by atomic mass is 9.92. The normalized spacial score (nSPS) is 11.9. The highest BCUT2D eigenvalue weighted by Crippen LogP contribution is 2.56. The Bertz CT molecular complexity index is 3270. The predicted molar refractivity (Wildman–Crippen MR) is 244 cm³/mol. The Morgan fingerprint density at radius 1 is 0.509 bits per heavy atom. The van der Waals surface area contributed by atoms with Crippen LogP contribution in [0, 0.1) is 6.92 Å². The summed E-state index contributed by atoms with van der Waals surface area (Å²) in [6.07, 6.45) is 6.17. The number of rotatable bonds is 7. The van der Waals surface area contributed by atoms with E-state index in [1.807, 2.05) is 6.08 Å². The number of fused-ring (bicyclic) bond motifs is 7. The van der Waals surface area contributed by atoms with Crippen molar-refractivity contribution in [2.45, 2.75) is 6.92 Å². The molecule has 0 atom stereocenters. The van der Waals surface area contributed by atoms with Crippen LogP contribution in [0.5, 0.6) is 0 Å². The Labute approximate surface area is 332 Å². The number of benzene rings is 9. The Hall–Kier alpha value is -7.42. The van der Waals surface area contributed by atoms with E-state index in [-0.39, 0.29) is 0 Å². The van der Waals surface area contributed by atoms with Crippen LogP contribution in [0.15, 0.2) is 201 Å². The van der Waals surface area contributed by atoms with E-state index >= 15 is 0 Å². The zero-order chi connectivity index (χ0) is 38.0. The summed E-state index contributed by atoms with van der Waals surface area (Å²) in [6, 6.07) is 66.7. The molecule has 0 unspecified atom stereocenters. The second-order valence-corrected chi connectivity index (χ2v) is 15.0. The fourth-order valence-corrected chi connectivity index (χ4v) is 9.39. The molecule has 9 aromatic carbocycles. The van der Waals surface area contributed by atoms with Crippen LogP contribution in [0.1, 0.15) is 11.1 Å². The highest BCUT2D eigenvalue weighted by molar-refractivity contribution is 6.21. The first-order valence-electron chi connectivity index (χ1n) is 19.6. The monoisotopic (exact) mass is 726 g/mol. The zero-order valence-electron chi connectivity index (χ0n) is 31.7. The van der Waals surface area contributed by atoms with E-state index in [1.54, 1.807) is 0 Å². The average Bonchev–Trinajstić information content (AvgIpc) is 3.78. The first-order valence-corrected chi connectivity index (χ1v) is 19.6. The maximum absolute atomic E-state index is 4.03. The summed E-state index contributed by atoms with van der Waals surface area (Å²) in [5.41, 5.74) is 16.9. The van der Waals surface area contributed by atoms with Gasteiger partial charge in [-0.1, -0.05) is 164 Å². The molecule has 2 heteroatoms. The molecule has 1 aliphatic carbocycles. The maximum Gasteiger partial charge on any atom is 0.0547 e. The molecule has 1 aromatic heterocycles. The zero-order valence-corrected chi connectivity index (χ0v) is 31.7. The van der Waals surface area contributed by atoms with Crippen molar-refractivity contribution in [1.82, 2.24) is 4.57 Å². The van der Waals surface area contributed by atoms with Gasteiger partial charge >= 0.3 is 0 Å². The molecule has 10 aromatic rings. The van der Waals surface area contributed by atoms with E-state index in [9.17, 15) is 0 Å². The van der Waals surface area contributed by atoms with Crippen molar-refractivity contribution in [2.75, 3.05) is 4.90 Å². The van der Waals surface area contributed by atoms with Gasteiger partial charge in [0.15, 0.2) is 0 Å². The van der Waals surface area contributed by atoms with E-state index in [0.29, 0.717) is 0 Å². The third kappa shape index (κ3) is 5.04. The number of nitrogens with zero attached hydrogens (tertiary/aromatic N) is 2. The maximum atomic E-state index is 4.03. The molecule has 268 valence electrons. The fraction of sp³-hybridized carbons (Fsp3) is 0.0182. The number of anilines is 3. The number of hydrogen-bond acceptors (Lipinski definition) is 1. The predicted octanol–water partition coefficient (Wildman–Crippen LogP) is 15.4. The van der Waals surface area contributed by atoms with E-state index in [0.717, 1.165) is 22.7 Å². The average molecular weight is 727 g/mol. The van der Waals surface area contributed by atoms with Crippen molar-refractivity contribution in [3.8, 4) is 39.1 Å². The molecule has 0 saturated carbocycles. The van der Waals surface area contributed by atoms with E-state index < -0.39 is 0 Å².